The first-order chi connectivity index (χ1) is 13.7. The highest BCUT2D eigenvalue weighted by Crippen LogP contribution is 2.36. The minimum Gasteiger partial charge on any atom is -0.268 e. The van der Waals surface area contributed by atoms with Crippen molar-refractivity contribution in [1.29, 1.82) is 0 Å². The minimum absolute atomic E-state index is 0.0624. The second-order valence-corrected chi connectivity index (χ2v) is 9.77. The molecule has 140 valence electrons. The summed E-state index contributed by atoms with van der Waals surface area (Å²) >= 11 is 6.84. The Morgan fingerprint density at radius 2 is 1.96 bits per heavy atom. The van der Waals surface area contributed by atoms with Gasteiger partial charge in [0, 0.05) is 15.1 Å². The van der Waals surface area contributed by atoms with E-state index in [9.17, 15) is 4.79 Å². The molecule has 0 bridgehead atoms. The molecule has 0 unspecified atom stereocenters. The number of halogens is 1. The molecule has 0 saturated carbocycles. The predicted molar refractivity (Wildman–Crippen MR) is 121 cm³/mol. The number of thioether (sulfide) groups is 1. The van der Waals surface area contributed by atoms with E-state index in [2.05, 4.69) is 28.1 Å². The summed E-state index contributed by atoms with van der Waals surface area (Å²) in [7, 11) is 0. The van der Waals surface area contributed by atoms with E-state index in [1.54, 1.807) is 27.7 Å². The number of aryl methyl sites for hydroxylation is 2. The number of rotatable bonds is 4. The van der Waals surface area contributed by atoms with Crippen LogP contribution in [-0.2, 0) is 18.6 Å². The van der Waals surface area contributed by atoms with Crippen molar-refractivity contribution in [2.24, 2.45) is 0 Å². The quantitative estimate of drug-likeness (QED) is 0.272. The normalized spacial score (nSPS) is 13.2. The van der Waals surface area contributed by atoms with E-state index in [0.717, 1.165) is 50.5 Å². The fourth-order valence-electron chi connectivity index (χ4n) is 3.70. The van der Waals surface area contributed by atoms with Crippen molar-refractivity contribution in [2.75, 3.05) is 0 Å². The largest absolute Gasteiger partial charge is 0.268 e. The van der Waals surface area contributed by atoms with E-state index in [0.29, 0.717) is 0 Å². The minimum atomic E-state index is 0.0624. The van der Waals surface area contributed by atoms with Crippen molar-refractivity contribution in [1.82, 2.24) is 9.55 Å². The summed E-state index contributed by atoms with van der Waals surface area (Å²) in [5.74, 6) is 0.759. The SMILES string of the molecule is O=c1c2c3c(sc2nc(SCc2cccc(Br)c2)n1-c1ccccc1)CCC3. The summed E-state index contributed by atoms with van der Waals surface area (Å²) in [6.07, 6.45) is 3.20. The van der Waals surface area contributed by atoms with Gasteiger partial charge in [-0.25, -0.2) is 4.98 Å². The summed E-state index contributed by atoms with van der Waals surface area (Å²) in [5.41, 5.74) is 3.36. The second-order valence-electron chi connectivity index (χ2n) is 6.83. The molecule has 1 aliphatic rings. The van der Waals surface area contributed by atoms with E-state index < -0.39 is 0 Å². The first kappa shape index (κ1) is 18.2. The van der Waals surface area contributed by atoms with Crippen LogP contribution in [0.25, 0.3) is 15.9 Å². The Kier molecular flexibility index (Phi) is 4.87. The van der Waals surface area contributed by atoms with Gasteiger partial charge in [0.2, 0.25) is 0 Å². The van der Waals surface area contributed by atoms with Crippen molar-refractivity contribution in [3.8, 4) is 5.69 Å². The molecule has 0 spiro atoms. The van der Waals surface area contributed by atoms with Crippen LogP contribution in [0.15, 0.2) is 69.0 Å². The lowest BCUT2D eigenvalue weighted by Crippen LogP contribution is -2.21. The Hall–Kier alpha value is -1.89. The van der Waals surface area contributed by atoms with Gasteiger partial charge in [0.05, 0.1) is 11.1 Å². The van der Waals surface area contributed by atoms with Gasteiger partial charge in [-0.15, -0.1) is 11.3 Å². The van der Waals surface area contributed by atoms with Gasteiger partial charge in [0.15, 0.2) is 5.16 Å². The average molecular weight is 469 g/mol. The van der Waals surface area contributed by atoms with Gasteiger partial charge in [-0.3, -0.25) is 9.36 Å². The summed E-state index contributed by atoms with van der Waals surface area (Å²) in [5, 5.41) is 1.58. The Morgan fingerprint density at radius 3 is 2.79 bits per heavy atom. The molecular weight excluding hydrogens is 452 g/mol. The highest BCUT2D eigenvalue weighted by Gasteiger charge is 2.23. The molecule has 2 aromatic heterocycles. The highest BCUT2D eigenvalue weighted by molar-refractivity contribution is 9.10. The lowest BCUT2D eigenvalue weighted by molar-refractivity contribution is 0.820. The molecule has 0 atom stereocenters. The van der Waals surface area contributed by atoms with Crippen LogP contribution in [-0.4, -0.2) is 9.55 Å². The van der Waals surface area contributed by atoms with E-state index in [-0.39, 0.29) is 5.56 Å². The first-order valence-electron chi connectivity index (χ1n) is 9.20. The number of nitrogens with zero attached hydrogens (tertiary/aromatic N) is 2. The molecule has 0 aliphatic heterocycles. The Bertz CT molecular complexity index is 1230. The van der Waals surface area contributed by atoms with Gasteiger partial charge in [0.25, 0.3) is 5.56 Å². The van der Waals surface area contributed by atoms with Crippen molar-refractivity contribution in [2.45, 2.75) is 30.2 Å². The molecule has 3 nitrogen and oxygen atoms in total. The Morgan fingerprint density at radius 1 is 1.11 bits per heavy atom. The third-order valence-electron chi connectivity index (χ3n) is 4.98. The molecule has 0 N–H and O–H groups in total. The predicted octanol–water partition coefficient (Wildman–Crippen LogP) is 5.99. The Balaban J connectivity index is 1.65. The molecule has 0 amide bonds. The van der Waals surface area contributed by atoms with Crippen LogP contribution >= 0.6 is 39.0 Å². The number of para-hydroxylation sites is 1. The zero-order valence-electron chi connectivity index (χ0n) is 15.0. The van der Waals surface area contributed by atoms with Gasteiger partial charge >= 0.3 is 0 Å². The van der Waals surface area contributed by atoms with Gasteiger partial charge in [-0.1, -0.05) is 58.0 Å². The van der Waals surface area contributed by atoms with Crippen LogP contribution < -0.4 is 5.56 Å². The van der Waals surface area contributed by atoms with Crippen molar-refractivity contribution in [3.05, 3.63) is 85.4 Å². The van der Waals surface area contributed by atoms with E-state index in [1.807, 2.05) is 42.5 Å². The van der Waals surface area contributed by atoms with Gasteiger partial charge < -0.3 is 0 Å². The number of benzene rings is 2. The number of aromatic nitrogens is 2. The van der Waals surface area contributed by atoms with Gasteiger partial charge in [-0.05, 0) is 54.7 Å². The molecule has 28 heavy (non-hydrogen) atoms. The zero-order chi connectivity index (χ0) is 19.1. The van der Waals surface area contributed by atoms with Gasteiger partial charge in [-0.2, -0.15) is 0 Å². The first-order valence-corrected chi connectivity index (χ1v) is 11.8. The summed E-state index contributed by atoms with van der Waals surface area (Å²) in [6.45, 7) is 0. The average Bonchev–Trinajstić information content (AvgIpc) is 3.28. The maximum Gasteiger partial charge on any atom is 0.267 e. The molecule has 1 aliphatic carbocycles. The third kappa shape index (κ3) is 3.23. The number of hydrogen-bond acceptors (Lipinski definition) is 4. The molecular formula is C22H17BrN2OS2. The lowest BCUT2D eigenvalue weighted by Gasteiger charge is -2.12. The van der Waals surface area contributed by atoms with Crippen LogP contribution in [0.5, 0.6) is 0 Å². The maximum atomic E-state index is 13.5. The van der Waals surface area contributed by atoms with E-state index in [4.69, 9.17) is 4.98 Å². The van der Waals surface area contributed by atoms with Crippen LogP contribution in [0.3, 0.4) is 0 Å². The third-order valence-corrected chi connectivity index (χ3v) is 7.67. The van der Waals surface area contributed by atoms with Crippen LogP contribution in [0.4, 0.5) is 0 Å². The second kappa shape index (κ2) is 7.50. The summed E-state index contributed by atoms with van der Waals surface area (Å²) < 4.78 is 2.85. The number of fused-ring (bicyclic) bond motifs is 3. The molecule has 5 rings (SSSR count). The van der Waals surface area contributed by atoms with E-state index >= 15 is 0 Å². The molecule has 4 aromatic rings. The monoisotopic (exact) mass is 468 g/mol. The van der Waals surface area contributed by atoms with Crippen LogP contribution in [0.2, 0.25) is 0 Å². The zero-order valence-corrected chi connectivity index (χ0v) is 18.2. The molecule has 0 radical (unpaired) electrons. The summed E-state index contributed by atoms with van der Waals surface area (Å²) in [6, 6.07) is 18.1. The van der Waals surface area contributed by atoms with Crippen molar-refractivity contribution in [3.63, 3.8) is 0 Å². The van der Waals surface area contributed by atoms with Crippen LogP contribution in [0, 0.1) is 0 Å². The molecule has 6 heteroatoms. The molecule has 0 saturated heterocycles. The summed E-state index contributed by atoms with van der Waals surface area (Å²) in [4.78, 5) is 20.7. The standard InChI is InChI=1S/C22H17BrN2OS2/c23-15-7-4-6-14(12-15)13-27-22-24-20-19(17-10-5-11-18(17)28-20)21(26)25(22)16-8-2-1-3-9-16/h1-4,6-9,12H,5,10-11,13H2. The molecule has 2 heterocycles. The fourth-order valence-corrected chi connectivity index (χ4v) is 6.41. The maximum absolute atomic E-state index is 13.5. The van der Waals surface area contributed by atoms with Crippen molar-refractivity contribution >= 4 is 49.2 Å². The topological polar surface area (TPSA) is 34.9 Å². The van der Waals surface area contributed by atoms with Crippen LogP contribution in [0.1, 0.15) is 22.4 Å². The smallest absolute Gasteiger partial charge is 0.267 e. The number of hydrogen-bond donors (Lipinski definition) is 0. The molecule has 2 aromatic carbocycles. The van der Waals surface area contributed by atoms with Crippen molar-refractivity contribution < 1.29 is 0 Å². The lowest BCUT2D eigenvalue weighted by atomic mass is 10.2. The van der Waals surface area contributed by atoms with E-state index in [1.165, 1.54) is 16.0 Å². The molecule has 0 fully saturated rings. The fraction of sp³-hybridized carbons (Fsp3) is 0.182. The van der Waals surface area contributed by atoms with Gasteiger partial charge in [0.1, 0.15) is 4.83 Å². The highest BCUT2D eigenvalue weighted by atomic mass is 79.9. The number of thiophene rings is 1. The Labute approximate surface area is 179 Å².